The third-order valence-corrected chi connectivity index (χ3v) is 5.60. The van der Waals surface area contributed by atoms with Gasteiger partial charge in [-0.25, -0.2) is 0 Å². The molecule has 4 rings (SSSR count). The van der Waals surface area contributed by atoms with Crippen LogP contribution in [-0.4, -0.2) is 30.4 Å². The molecule has 3 nitrogen and oxygen atoms in total. The third-order valence-electron chi connectivity index (χ3n) is 5.60. The third kappa shape index (κ3) is 1.75. The van der Waals surface area contributed by atoms with Crippen molar-refractivity contribution in [1.82, 2.24) is 4.90 Å². The molecule has 0 bridgehead atoms. The zero-order chi connectivity index (χ0) is 13.6. The molecule has 106 valence electrons. The molecule has 1 spiro atoms. The first-order chi connectivity index (χ1) is 9.78. The average molecular weight is 270 g/mol. The Balaban J connectivity index is 1.48. The molecular weight excluding hydrogens is 248 g/mol. The van der Waals surface area contributed by atoms with Gasteiger partial charge in [-0.15, -0.1) is 0 Å². The molecule has 2 fully saturated rings. The fourth-order valence-electron chi connectivity index (χ4n) is 3.97. The number of fused-ring (bicyclic) bond motifs is 2. The van der Waals surface area contributed by atoms with Crippen molar-refractivity contribution in [3.05, 3.63) is 29.8 Å². The maximum absolute atomic E-state index is 12.3. The van der Waals surface area contributed by atoms with E-state index in [2.05, 4.69) is 34.5 Å². The van der Waals surface area contributed by atoms with Crippen LogP contribution in [0.15, 0.2) is 24.3 Å². The van der Waals surface area contributed by atoms with Gasteiger partial charge in [0.05, 0.1) is 0 Å². The topological polar surface area (TPSA) is 32.3 Å². The lowest BCUT2D eigenvalue weighted by atomic mass is 9.74. The molecule has 2 heterocycles. The van der Waals surface area contributed by atoms with Gasteiger partial charge in [0.2, 0.25) is 5.91 Å². The second-order valence-electron chi connectivity index (χ2n) is 6.63. The van der Waals surface area contributed by atoms with Gasteiger partial charge in [-0.2, -0.15) is 0 Å². The first-order valence-electron chi connectivity index (χ1n) is 7.91. The maximum atomic E-state index is 12.3. The fraction of sp³-hybridized carbons (Fsp3) is 0.588. The summed E-state index contributed by atoms with van der Waals surface area (Å²) >= 11 is 0. The number of para-hydroxylation sites is 1. The van der Waals surface area contributed by atoms with Crippen molar-refractivity contribution in [1.29, 1.82) is 0 Å². The molecule has 3 heteroatoms. The minimum Gasteiger partial charge on any atom is -0.384 e. The zero-order valence-corrected chi connectivity index (χ0v) is 11.9. The van der Waals surface area contributed by atoms with E-state index in [4.69, 9.17) is 0 Å². The number of amides is 1. The summed E-state index contributed by atoms with van der Waals surface area (Å²) in [7, 11) is 0. The summed E-state index contributed by atoms with van der Waals surface area (Å²) in [6, 6.07) is 8.67. The van der Waals surface area contributed by atoms with Crippen molar-refractivity contribution in [2.45, 2.75) is 37.5 Å². The van der Waals surface area contributed by atoms with E-state index in [0.29, 0.717) is 11.8 Å². The van der Waals surface area contributed by atoms with Gasteiger partial charge < -0.3 is 10.2 Å². The molecule has 1 N–H and O–H groups in total. The Morgan fingerprint density at radius 3 is 2.65 bits per heavy atom. The van der Waals surface area contributed by atoms with Gasteiger partial charge in [-0.3, -0.25) is 4.79 Å². The first kappa shape index (κ1) is 12.2. The maximum Gasteiger partial charge on any atom is 0.225 e. The summed E-state index contributed by atoms with van der Waals surface area (Å²) in [5.74, 6) is 0.767. The highest BCUT2D eigenvalue weighted by atomic mass is 16.2. The Labute approximate surface area is 120 Å². The van der Waals surface area contributed by atoms with Gasteiger partial charge in [0.15, 0.2) is 0 Å². The van der Waals surface area contributed by atoms with E-state index in [-0.39, 0.29) is 5.41 Å². The van der Waals surface area contributed by atoms with Gasteiger partial charge in [0.1, 0.15) is 0 Å². The van der Waals surface area contributed by atoms with Crippen LogP contribution in [0.5, 0.6) is 0 Å². The van der Waals surface area contributed by atoms with Crippen molar-refractivity contribution < 1.29 is 4.79 Å². The van der Waals surface area contributed by atoms with E-state index in [9.17, 15) is 4.79 Å². The second-order valence-corrected chi connectivity index (χ2v) is 6.63. The summed E-state index contributed by atoms with van der Waals surface area (Å²) in [6.07, 6.45) is 5.69. The predicted molar refractivity (Wildman–Crippen MR) is 79.8 cm³/mol. The van der Waals surface area contributed by atoms with Crippen molar-refractivity contribution >= 4 is 11.6 Å². The van der Waals surface area contributed by atoms with E-state index in [0.717, 1.165) is 45.3 Å². The molecule has 0 unspecified atom stereocenters. The van der Waals surface area contributed by atoms with E-state index >= 15 is 0 Å². The predicted octanol–water partition coefficient (Wildman–Crippen LogP) is 2.77. The highest BCUT2D eigenvalue weighted by molar-refractivity contribution is 5.79. The SMILES string of the molecule is O=C(C1CCC1)N1CCC2(CC1)CNc1ccccc12. The second kappa shape index (κ2) is 4.51. The Morgan fingerprint density at radius 2 is 1.95 bits per heavy atom. The number of anilines is 1. The van der Waals surface area contributed by atoms with Gasteiger partial charge in [-0.1, -0.05) is 24.6 Å². The van der Waals surface area contributed by atoms with Crippen molar-refractivity contribution in [3.63, 3.8) is 0 Å². The molecule has 1 aromatic carbocycles. The molecule has 1 aliphatic carbocycles. The van der Waals surface area contributed by atoms with Crippen LogP contribution < -0.4 is 5.32 Å². The summed E-state index contributed by atoms with van der Waals surface area (Å²) in [5.41, 5.74) is 3.04. The van der Waals surface area contributed by atoms with Crippen molar-refractivity contribution in [2.24, 2.45) is 5.92 Å². The molecule has 0 atom stereocenters. The van der Waals surface area contributed by atoms with Gasteiger partial charge >= 0.3 is 0 Å². The van der Waals surface area contributed by atoms with E-state index < -0.39 is 0 Å². The number of piperidine rings is 1. The van der Waals surface area contributed by atoms with Crippen LogP contribution in [0, 0.1) is 5.92 Å². The number of nitrogens with one attached hydrogen (secondary N) is 1. The van der Waals surface area contributed by atoms with Crippen LogP contribution >= 0.6 is 0 Å². The van der Waals surface area contributed by atoms with Crippen molar-refractivity contribution in [3.8, 4) is 0 Å². The molecule has 1 saturated carbocycles. The van der Waals surface area contributed by atoms with Crippen LogP contribution in [0.2, 0.25) is 0 Å². The molecule has 1 amide bonds. The lowest BCUT2D eigenvalue weighted by Crippen LogP contribution is -2.48. The highest BCUT2D eigenvalue weighted by Crippen LogP contribution is 2.44. The summed E-state index contributed by atoms with van der Waals surface area (Å²) < 4.78 is 0. The minimum atomic E-state index is 0.271. The van der Waals surface area contributed by atoms with E-state index in [1.165, 1.54) is 17.7 Å². The molecule has 1 aromatic rings. The van der Waals surface area contributed by atoms with Gasteiger partial charge in [0, 0.05) is 36.7 Å². The zero-order valence-electron chi connectivity index (χ0n) is 11.9. The van der Waals surface area contributed by atoms with Crippen LogP contribution in [-0.2, 0) is 10.2 Å². The molecule has 20 heavy (non-hydrogen) atoms. The standard InChI is InChI=1S/C17H22N2O/c20-16(13-4-3-5-13)19-10-8-17(9-11-19)12-18-15-7-2-1-6-14(15)17/h1-2,6-7,13,18H,3-5,8-12H2. The molecule has 0 radical (unpaired) electrons. The van der Waals surface area contributed by atoms with Crippen LogP contribution in [0.25, 0.3) is 0 Å². The van der Waals surface area contributed by atoms with E-state index in [1.807, 2.05) is 0 Å². The number of nitrogens with zero attached hydrogens (tertiary/aromatic N) is 1. The fourth-order valence-corrected chi connectivity index (χ4v) is 3.97. The monoisotopic (exact) mass is 270 g/mol. The van der Waals surface area contributed by atoms with Crippen molar-refractivity contribution in [2.75, 3.05) is 25.0 Å². The smallest absolute Gasteiger partial charge is 0.225 e. The Bertz CT molecular complexity index is 528. The Kier molecular flexibility index (Phi) is 2.76. The Hall–Kier alpha value is -1.51. The lowest BCUT2D eigenvalue weighted by Gasteiger charge is -2.41. The molecular formula is C17H22N2O. The Morgan fingerprint density at radius 1 is 1.20 bits per heavy atom. The van der Waals surface area contributed by atoms with Crippen LogP contribution in [0.3, 0.4) is 0 Å². The first-order valence-corrected chi connectivity index (χ1v) is 7.91. The number of benzene rings is 1. The summed E-state index contributed by atoms with van der Waals surface area (Å²) in [6.45, 7) is 2.91. The number of rotatable bonds is 1. The van der Waals surface area contributed by atoms with Gasteiger partial charge in [-0.05, 0) is 37.3 Å². The number of hydrogen-bond donors (Lipinski definition) is 1. The minimum absolute atomic E-state index is 0.271. The summed E-state index contributed by atoms with van der Waals surface area (Å²) in [4.78, 5) is 14.5. The summed E-state index contributed by atoms with van der Waals surface area (Å²) in [5, 5.41) is 3.55. The normalized spacial score (nSPS) is 24.1. The lowest BCUT2D eigenvalue weighted by molar-refractivity contribution is -0.139. The largest absolute Gasteiger partial charge is 0.384 e. The van der Waals surface area contributed by atoms with Gasteiger partial charge in [0.25, 0.3) is 0 Å². The number of likely N-dealkylation sites (tertiary alicyclic amines) is 1. The number of carbonyl (C=O) groups excluding carboxylic acids is 1. The van der Waals surface area contributed by atoms with E-state index in [1.54, 1.807) is 0 Å². The van der Waals surface area contributed by atoms with Crippen LogP contribution in [0.1, 0.15) is 37.7 Å². The number of hydrogen-bond acceptors (Lipinski definition) is 2. The quantitative estimate of drug-likeness (QED) is 0.851. The highest BCUT2D eigenvalue weighted by Gasteiger charge is 2.43. The molecule has 2 aliphatic heterocycles. The number of carbonyl (C=O) groups is 1. The molecule has 0 aromatic heterocycles. The van der Waals surface area contributed by atoms with Crippen LogP contribution in [0.4, 0.5) is 5.69 Å². The average Bonchev–Trinajstić information content (AvgIpc) is 2.77. The molecule has 3 aliphatic rings. The molecule has 1 saturated heterocycles.